The molecule has 4 nitrogen and oxygen atoms in total. The van der Waals surface area contributed by atoms with Crippen LogP contribution >= 0.6 is 11.3 Å². The number of ether oxygens (including phenoxy) is 1. The highest BCUT2D eigenvalue weighted by Crippen LogP contribution is 2.17. The summed E-state index contributed by atoms with van der Waals surface area (Å²) in [5.74, 6) is -0.469. The van der Waals surface area contributed by atoms with E-state index in [2.05, 4.69) is 0 Å². The fourth-order valence-electron chi connectivity index (χ4n) is 2.38. The molecule has 24 heavy (non-hydrogen) atoms. The van der Waals surface area contributed by atoms with Gasteiger partial charge in [0.15, 0.2) is 0 Å². The van der Waals surface area contributed by atoms with Crippen LogP contribution in [0.25, 0.3) is 6.08 Å². The van der Waals surface area contributed by atoms with Crippen LogP contribution in [-0.2, 0) is 9.53 Å². The van der Waals surface area contributed by atoms with Gasteiger partial charge in [-0.15, -0.1) is 11.3 Å². The lowest BCUT2D eigenvalue weighted by Crippen LogP contribution is -2.14. The molecular formula is C19H16O4S. The Morgan fingerprint density at radius 2 is 1.96 bits per heavy atom. The first-order valence-electron chi connectivity index (χ1n) is 7.55. The molecule has 5 heteroatoms. The maximum absolute atomic E-state index is 12.2. The summed E-state index contributed by atoms with van der Waals surface area (Å²) in [5, 5.41) is 11.2. The van der Waals surface area contributed by atoms with E-state index in [0.717, 1.165) is 5.56 Å². The molecule has 1 N–H and O–H groups in total. The van der Waals surface area contributed by atoms with Crippen LogP contribution in [0.2, 0.25) is 0 Å². The number of benzene rings is 1. The molecule has 122 valence electrons. The van der Waals surface area contributed by atoms with Crippen molar-refractivity contribution in [1.82, 2.24) is 0 Å². The van der Waals surface area contributed by atoms with E-state index in [0.29, 0.717) is 16.9 Å². The lowest BCUT2D eigenvalue weighted by molar-refractivity contribution is -0.141. The van der Waals surface area contributed by atoms with Crippen LogP contribution in [0.5, 0.6) is 0 Å². The van der Waals surface area contributed by atoms with Crippen molar-refractivity contribution < 1.29 is 19.4 Å². The van der Waals surface area contributed by atoms with E-state index in [9.17, 15) is 14.7 Å². The van der Waals surface area contributed by atoms with E-state index in [1.165, 1.54) is 17.4 Å². The van der Waals surface area contributed by atoms with E-state index in [1.807, 2.05) is 11.4 Å². The summed E-state index contributed by atoms with van der Waals surface area (Å²) in [7, 11) is 0. The molecule has 0 aliphatic heterocycles. The van der Waals surface area contributed by atoms with E-state index in [1.54, 1.807) is 48.6 Å². The van der Waals surface area contributed by atoms with Crippen LogP contribution < -0.4 is 0 Å². The van der Waals surface area contributed by atoms with Crippen molar-refractivity contribution in [2.45, 2.75) is 18.6 Å². The number of ketones is 1. The highest BCUT2D eigenvalue weighted by atomic mass is 32.1. The van der Waals surface area contributed by atoms with Gasteiger partial charge in [0.25, 0.3) is 0 Å². The first-order valence-corrected chi connectivity index (χ1v) is 8.43. The molecule has 0 amide bonds. The van der Waals surface area contributed by atoms with Crippen molar-refractivity contribution >= 4 is 29.2 Å². The van der Waals surface area contributed by atoms with Crippen LogP contribution in [0.4, 0.5) is 0 Å². The number of hydrogen-bond donors (Lipinski definition) is 1. The second-order valence-electron chi connectivity index (χ2n) is 5.43. The Morgan fingerprint density at radius 3 is 2.58 bits per heavy atom. The molecule has 2 aromatic rings. The van der Waals surface area contributed by atoms with Gasteiger partial charge in [0, 0.05) is 18.1 Å². The number of aliphatic hydroxyl groups is 1. The lowest BCUT2D eigenvalue weighted by Gasteiger charge is -2.08. The summed E-state index contributed by atoms with van der Waals surface area (Å²) < 4.78 is 5.19. The molecule has 0 bridgehead atoms. The van der Waals surface area contributed by atoms with Gasteiger partial charge in [-0.1, -0.05) is 36.4 Å². The van der Waals surface area contributed by atoms with Gasteiger partial charge in [0.1, 0.15) is 6.10 Å². The van der Waals surface area contributed by atoms with Gasteiger partial charge in [0.2, 0.25) is 5.78 Å². The van der Waals surface area contributed by atoms with Crippen molar-refractivity contribution in [3.05, 3.63) is 76.0 Å². The van der Waals surface area contributed by atoms with Gasteiger partial charge in [0.05, 0.1) is 11.0 Å². The summed E-state index contributed by atoms with van der Waals surface area (Å²) in [6.45, 7) is 0. The zero-order chi connectivity index (χ0) is 16.9. The minimum Gasteiger partial charge on any atom is -0.455 e. The van der Waals surface area contributed by atoms with Gasteiger partial charge in [-0.05, 0) is 29.2 Å². The van der Waals surface area contributed by atoms with Crippen LogP contribution in [-0.4, -0.2) is 29.1 Å². The van der Waals surface area contributed by atoms with Crippen molar-refractivity contribution in [2.24, 2.45) is 0 Å². The largest absolute Gasteiger partial charge is 0.455 e. The standard InChI is InChI=1S/C19H16O4S/c20-15-8-9-16(12-15)23-18(21)10-5-13-3-6-14(7-4-13)19(22)17-2-1-11-24-17/h1-11,15-16,20H,12H2/b10-5+/t15-,16-/m1/s1. The Kier molecular flexibility index (Phi) is 5.03. The van der Waals surface area contributed by atoms with Crippen LogP contribution in [0.3, 0.4) is 0 Å². The molecule has 1 aromatic carbocycles. The third-order valence-corrected chi connectivity index (χ3v) is 4.49. The lowest BCUT2D eigenvalue weighted by atomic mass is 10.1. The van der Waals surface area contributed by atoms with E-state index in [4.69, 9.17) is 4.74 Å². The van der Waals surface area contributed by atoms with Crippen LogP contribution in [0.15, 0.2) is 60.0 Å². The van der Waals surface area contributed by atoms with Crippen LogP contribution in [0.1, 0.15) is 27.2 Å². The highest BCUT2D eigenvalue weighted by Gasteiger charge is 2.19. The molecule has 0 radical (unpaired) electrons. The maximum atomic E-state index is 12.2. The average Bonchev–Trinajstić information content (AvgIpc) is 3.25. The molecule has 0 fully saturated rings. The molecule has 0 spiro atoms. The summed E-state index contributed by atoms with van der Waals surface area (Å²) in [6, 6.07) is 10.7. The predicted octanol–water partition coefficient (Wildman–Crippen LogP) is 3.22. The van der Waals surface area contributed by atoms with Gasteiger partial charge in [-0.25, -0.2) is 4.79 Å². The molecule has 0 unspecified atom stereocenters. The normalized spacial score (nSPS) is 19.7. The Hall–Kier alpha value is -2.50. The topological polar surface area (TPSA) is 63.6 Å². The minimum absolute atomic E-state index is 0.00785. The van der Waals surface area contributed by atoms with Gasteiger partial charge in [-0.3, -0.25) is 4.79 Å². The number of rotatable bonds is 5. The van der Waals surface area contributed by atoms with Crippen molar-refractivity contribution in [2.75, 3.05) is 0 Å². The molecule has 1 aromatic heterocycles. The quantitative estimate of drug-likeness (QED) is 0.393. The second kappa shape index (κ2) is 7.38. The van der Waals surface area contributed by atoms with Crippen molar-refractivity contribution in [1.29, 1.82) is 0 Å². The number of esters is 1. The van der Waals surface area contributed by atoms with Gasteiger partial charge < -0.3 is 9.84 Å². The summed E-state index contributed by atoms with van der Waals surface area (Å²) in [6.07, 6.45) is 5.76. The number of thiophene rings is 1. The number of hydrogen-bond acceptors (Lipinski definition) is 5. The fourth-order valence-corrected chi connectivity index (χ4v) is 3.07. The number of aliphatic hydroxyl groups excluding tert-OH is 1. The number of carbonyl (C=O) groups is 2. The number of carbonyl (C=O) groups excluding carboxylic acids is 2. The fraction of sp³-hybridized carbons (Fsp3) is 0.158. The molecule has 1 aliphatic rings. The first-order chi connectivity index (χ1) is 11.6. The SMILES string of the molecule is O=C(/C=C/c1ccc(C(=O)c2cccs2)cc1)O[C@@H]1C=C[C@@H](O)C1. The molecule has 0 saturated heterocycles. The summed E-state index contributed by atoms with van der Waals surface area (Å²) in [4.78, 5) is 24.6. The maximum Gasteiger partial charge on any atom is 0.331 e. The third-order valence-electron chi connectivity index (χ3n) is 3.62. The predicted molar refractivity (Wildman–Crippen MR) is 92.9 cm³/mol. The Labute approximate surface area is 143 Å². The van der Waals surface area contributed by atoms with Crippen LogP contribution in [0, 0.1) is 0 Å². The van der Waals surface area contributed by atoms with E-state index in [-0.39, 0.29) is 11.9 Å². The van der Waals surface area contributed by atoms with Gasteiger partial charge >= 0.3 is 5.97 Å². The summed E-state index contributed by atoms with van der Waals surface area (Å²) >= 11 is 1.41. The molecule has 3 rings (SSSR count). The molecule has 0 saturated carbocycles. The van der Waals surface area contributed by atoms with Gasteiger partial charge in [-0.2, -0.15) is 0 Å². The van der Waals surface area contributed by atoms with E-state index < -0.39 is 12.1 Å². The highest BCUT2D eigenvalue weighted by molar-refractivity contribution is 7.12. The molecule has 1 aliphatic carbocycles. The zero-order valence-electron chi connectivity index (χ0n) is 12.8. The Bertz CT molecular complexity index is 772. The van der Waals surface area contributed by atoms with E-state index >= 15 is 0 Å². The van der Waals surface area contributed by atoms with Crippen molar-refractivity contribution in [3.8, 4) is 0 Å². The Morgan fingerprint density at radius 1 is 1.17 bits per heavy atom. The first kappa shape index (κ1) is 16.4. The minimum atomic E-state index is -0.541. The zero-order valence-corrected chi connectivity index (χ0v) is 13.6. The third kappa shape index (κ3) is 4.07. The summed E-state index contributed by atoms with van der Waals surface area (Å²) in [5.41, 5.74) is 1.42. The second-order valence-corrected chi connectivity index (χ2v) is 6.37. The monoisotopic (exact) mass is 340 g/mol. The smallest absolute Gasteiger partial charge is 0.331 e. The molecule has 2 atom stereocenters. The molecule has 1 heterocycles. The average molecular weight is 340 g/mol. The molecular weight excluding hydrogens is 324 g/mol. The van der Waals surface area contributed by atoms with Crippen molar-refractivity contribution in [3.63, 3.8) is 0 Å². The Balaban J connectivity index is 1.58.